The maximum absolute atomic E-state index is 11.4. The van der Waals surface area contributed by atoms with Gasteiger partial charge in [-0.1, -0.05) is 32.6 Å². The molecule has 0 amide bonds. The summed E-state index contributed by atoms with van der Waals surface area (Å²) in [6.07, 6.45) is 7.65. The largest absolute Gasteiger partial charge is 0.481 e. The van der Waals surface area contributed by atoms with Crippen LogP contribution in [0, 0.1) is 0 Å². The topological polar surface area (TPSA) is 76.1 Å². The van der Waals surface area contributed by atoms with Crippen LogP contribution in [0.1, 0.15) is 64.7 Å². The van der Waals surface area contributed by atoms with Crippen molar-refractivity contribution in [1.29, 1.82) is 0 Å². The third-order valence-electron chi connectivity index (χ3n) is 3.46. The molecule has 0 aromatic rings. The Balaban J connectivity index is 1.90. The van der Waals surface area contributed by atoms with E-state index < -0.39 is 5.97 Å². The Kier molecular flexibility index (Phi) is 8.26. The fourth-order valence-electron chi connectivity index (χ4n) is 2.14. The van der Waals surface area contributed by atoms with E-state index in [0.717, 1.165) is 12.8 Å². The number of carbonyl (C=O) groups excluding carboxylic acids is 1. The van der Waals surface area contributed by atoms with Gasteiger partial charge in [-0.05, 0) is 19.3 Å². The van der Waals surface area contributed by atoms with Crippen LogP contribution < -0.4 is 0 Å². The molecule has 1 aliphatic rings. The Bertz CT molecular complexity index is 303. The van der Waals surface area contributed by atoms with E-state index in [4.69, 9.17) is 14.6 Å². The predicted molar refractivity (Wildman–Crippen MR) is 74.5 cm³/mol. The second kappa shape index (κ2) is 9.75. The fraction of sp³-hybridized carbons (Fsp3) is 0.867. The molecule has 1 fully saturated rings. The summed E-state index contributed by atoms with van der Waals surface area (Å²) in [5.74, 6) is -0.990. The van der Waals surface area contributed by atoms with Crippen LogP contribution in [0.2, 0.25) is 0 Å². The zero-order valence-corrected chi connectivity index (χ0v) is 12.3. The lowest BCUT2D eigenvalue weighted by molar-refractivity contribution is -0.144. The smallest absolute Gasteiger partial charge is 0.305 e. The summed E-state index contributed by atoms with van der Waals surface area (Å²) in [5.41, 5.74) is 0. The van der Waals surface area contributed by atoms with Gasteiger partial charge in [0.2, 0.25) is 0 Å². The van der Waals surface area contributed by atoms with Crippen molar-refractivity contribution < 1.29 is 24.2 Å². The highest BCUT2D eigenvalue weighted by Gasteiger charge is 2.38. The molecule has 1 rings (SSSR count). The van der Waals surface area contributed by atoms with Crippen LogP contribution in [-0.4, -0.2) is 35.9 Å². The Hall–Kier alpha value is -1.10. The molecule has 5 nitrogen and oxygen atoms in total. The fourth-order valence-corrected chi connectivity index (χ4v) is 2.14. The molecule has 0 aliphatic carbocycles. The number of ether oxygens (including phenoxy) is 2. The number of carboxylic acid groups (broad SMARTS) is 1. The monoisotopic (exact) mass is 286 g/mol. The number of hydrogen-bond donors (Lipinski definition) is 1. The normalized spacial score (nSPS) is 20.6. The molecule has 0 radical (unpaired) electrons. The maximum Gasteiger partial charge on any atom is 0.305 e. The molecule has 1 saturated heterocycles. The van der Waals surface area contributed by atoms with Gasteiger partial charge < -0.3 is 14.6 Å². The molecule has 0 aromatic carbocycles. The van der Waals surface area contributed by atoms with E-state index in [1.807, 2.05) is 0 Å². The van der Waals surface area contributed by atoms with Crippen molar-refractivity contribution in [2.45, 2.75) is 76.9 Å². The molecular formula is C15H26O5. The summed E-state index contributed by atoms with van der Waals surface area (Å²) in [6.45, 7) is 2.54. The van der Waals surface area contributed by atoms with E-state index in [-0.39, 0.29) is 24.6 Å². The van der Waals surface area contributed by atoms with E-state index in [1.54, 1.807) is 0 Å². The van der Waals surface area contributed by atoms with Gasteiger partial charge in [-0.25, -0.2) is 0 Å². The van der Waals surface area contributed by atoms with Crippen LogP contribution in [0.3, 0.4) is 0 Å². The first kappa shape index (κ1) is 17.0. The quantitative estimate of drug-likeness (QED) is 0.339. The van der Waals surface area contributed by atoms with Crippen LogP contribution in [-0.2, 0) is 19.1 Å². The Labute approximate surface area is 120 Å². The average molecular weight is 286 g/mol. The molecule has 5 heteroatoms. The van der Waals surface area contributed by atoms with E-state index in [2.05, 4.69) is 6.92 Å². The van der Waals surface area contributed by atoms with Crippen LogP contribution in [0.5, 0.6) is 0 Å². The van der Waals surface area contributed by atoms with E-state index in [9.17, 15) is 9.59 Å². The number of carboxylic acids is 1. The van der Waals surface area contributed by atoms with E-state index >= 15 is 0 Å². The van der Waals surface area contributed by atoms with Crippen molar-refractivity contribution in [2.75, 3.05) is 6.61 Å². The second-order valence-corrected chi connectivity index (χ2v) is 5.35. The number of epoxide rings is 1. The molecule has 0 saturated carbocycles. The van der Waals surface area contributed by atoms with E-state index in [0.29, 0.717) is 25.9 Å². The molecule has 1 heterocycles. The van der Waals surface area contributed by atoms with Crippen molar-refractivity contribution in [3.05, 3.63) is 0 Å². The van der Waals surface area contributed by atoms with Crippen molar-refractivity contribution in [3.63, 3.8) is 0 Å². The predicted octanol–water partition coefficient (Wildman–Crippen LogP) is 2.91. The summed E-state index contributed by atoms with van der Waals surface area (Å²) < 4.78 is 10.6. The summed E-state index contributed by atoms with van der Waals surface area (Å²) in [4.78, 5) is 21.7. The highest BCUT2D eigenvalue weighted by molar-refractivity contribution is 5.69. The molecule has 2 unspecified atom stereocenters. The first-order valence-corrected chi connectivity index (χ1v) is 7.66. The number of hydrogen-bond acceptors (Lipinski definition) is 4. The minimum absolute atomic E-state index is 0.0998. The molecular weight excluding hydrogens is 260 g/mol. The van der Waals surface area contributed by atoms with Crippen LogP contribution >= 0.6 is 0 Å². The zero-order valence-electron chi connectivity index (χ0n) is 12.3. The number of esters is 1. The Morgan fingerprint density at radius 2 is 1.80 bits per heavy atom. The molecule has 0 bridgehead atoms. The summed E-state index contributed by atoms with van der Waals surface area (Å²) in [7, 11) is 0. The zero-order chi connectivity index (χ0) is 14.8. The third kappa shape index (κ3) is 8.15. The molecule has 0 spiro atoms. The highest BCUT2D eigenvalue weighted by Crippen LogP contribution is 2.27. The molecule has 116 valence electrons. The number of unbranched alkanes of at least 4 members (excludes halogenated alkanes) is 4. The Morgan fingerprint density at radius 1 is 1.05 bits per heavy atom. The van der Waals surface area contributed by atoms with Gasteiger partial charge in [0.1, 0.15) is 12.7 Å². The van der Waals surface area contributed by atoms with Crippen molar-refractivity contribution in [3.8, 4) is 0 Å². The van der Waals surface area contributed by atoms with Crippen LogP contribution in [0.4, 0.5) is 0 Å². The minimum atomic E-state index is -0.785. The lowest BCUT2D eigenvalue weighted by Crippen LogP contribution is -2.11. The third-order valence-corrected chi connectivity index (χ3v) is 3.46. The lowest BCUT2D eigenvalue weighted by atomic mass is 10.1. The highest BCUT2D eigenvalue weighted by atomic mass is 16.6. The number of rotatable bonds is 12. The van der Waals surface area contributed by atoms with Gasteiger partial charge in [0.15, 0.2) is 0 Å². The SMILES string of the molecule is CCCCCC1OC1COC(=O)CCCCCC(=O)O. The molecule has 20 heavy (non-hydrogen) atoms. The van der Waals surface area contributed by atoms with Gasteiger partial charge in [0, 0.05) is 12.8 Å². The first-order valence-electron chi connectivity index (χ1n) is 7.66. The lowest BCUT2D eigenvalue weighted by Gasteiger charge is -2.02. The number of carbonyl (C=O) groups is 2. The average Bonchev–Trinajstić information content (AvgIpc) is 3.14. The van der Waals surface area contributed by atoms with Crippen molar-refractivity contribution in [2.24, 2.45) is 0 Å². The van der Waals surface area contributed by atoms with Gasteiger partial charge in [-0.15, -0.1) is 0 Å². The van der Waals surface area contributed by atoms with Gasteiger partial charge >= 0.3 is 11.9 Å². The summed E-state index contributed by atoms with van der Waals surface area (Å²) in [5, 5.41) is 8.47. The molecule has 1 N–H and O–H groups in total. The first-order chi connectivity index (χ1) is 9.63. The Morgan fingerprint density at radius 3 is 2.50 bits per heavy atom. The van der Waals surface area contributed by atoms with Crippen LogP contribution in [0.15, 0.2) is 0 Å². The molecule has 0 aromatic heterocycles. The van der Waals surface area contributed by atoms with Crippen molar-refractivity contribution >= 4 is 11.9 Å². The van der Waals surface area contributed by atoms with Gasteiger partial charge in [-0.2, -0.15) is 0 Å². The van der Waals surface area contributed by atoms with Gasteiger partial charge in [0.05, 0.1) is 6.10 Å². The minimum Gasteiger partial charge on any atom is -0.481 e. The maximum atomic E-state index is 11.4. The van der Waals surface area contributed by atoms with Crippen molar-refractivity contribution in [1.82, 2.24) is 0 Å². The van der Waals surface area contributed by atoms with E-state index in [1.165, 1.54) is 19.3 Å². The molecule has 2 atom stereocenters. The van der Waals surface area contributed by atoms with Gasteiger partial charge in [0.25, 0.3) is 0 Å². The standard InChI is InChI=1S/C15H26O5/c1-2-3-5-8-12-13(20-12)11-19-15(18)10-7-4-6-9-14(16)17/h12-13H,2-11H2,1H3,(H,16,17). The van der Waals surface area contributed by atoms with Crippen LogP contribution in [0.25, 0.3) is 0 Å². The van der Waals surface area contributed by atoms with Gasteiger partial charge in [-0.3, -0.25) is 9.59 Å². The summed E-state index contributed by atoms with van der Waals surface area (Å²) in [6, 6.07) is 0. The number of aliphatic carboxylic acids is 1. The summed E-state index contributed by atoms with van der Waals surface area (Å²) >= 11 is 0. The second-order valence-electron chi connectivity index (χ2n) is 5.35. The molecule has 1 aliphatic heterocycles.